The Balaban J connectivity index is 3.19. The molecule has 4 nitrogen and oxygen atoms in total. The first-order chi connectivity index (χ1) is 9.36. The number of rotatable bonds is 6. The minimum atomic E-state index is -3.09. The van der Waals surface area contributed by atoms with E-state index in [9.17, 15) is 18.4 Å². The van der Waals surface area contributed by atoms with Crippen molar-refractivity contribution in [2.75, 3.05) is 6.61 Å². The Hall–Kier alpha value is -1.50. The largest absolute Gasteiger partial charge is 0.462 e. The van der Waals surface area contributed by atoms with Crippen molar-refractivity contribution in [2.45, 2.75) is 25.3 Å². The second-order valence-electron chi connectivity index (χ2n) is 3.79. The SMILES string of the molecule is CCOC(=O)c1ccc(C(=O)C(C)Br)c(OC(F)F)c1. The quantitative estimate of drug-likeness (QED) is 0.448. The average molecular weight is 351 g/mol. The molecule has 0 saturated carbocycles. The first-order valence-electron chi connectivity index (χ1n) is 5.81. The molecule has 0 saturated heterocycles. The molecule has 1 aromatic rings. The minimum Gasteiger partial charge on any atom is -0.462 e. The number of esters is 1. The standard InChI is InChI=1S/C13H13BrF2O4/c1-3-19-12(18)8-4-5-9(11(17)7(2)14)10(6-8)20-13(15)16/h4-7,13H,3H2,1-2H3. The predicted molar refractivity (Wildman–Crippen MR) is 71.8 cm³/mol. The lowest BCUT2D eigenvalue weighted by molar-refractivity contribution is -0.0502. The van der Waals surface area contributed by atoms with Gasteiger partial charge in [-0.15, -0.1) is 0 Å². The van der Waals surface area contributed by atoms with Gasteiger partial charge in [0.25, 0.3) is 0 Å². The molecule has 1 aromatic carbocycles. The van der Waals surface area contributed by atoms with E-state index >= 15 is 0 Å². The summed E-state index contributed by atoms with van der Waals surface area (Å²) in [6.45, 7) is 0.250. The van der Waals surface area contributed by atoms with Crippen LogP contribution in [0.1, 0.15) is 34.6 Å². The Morgan fingerprint density at radius 2 is 2.00 bits per heavy atom. The summed E-state index contributed by atoms with van der Waals surface area (Å²) in [6.07, 6.45) is 0. The highest BCUT2D eigenvalue weighted by Crippen LogP contribution is 2.25. The van der Waals surface area contributed by atoms with E-state index in [0.29, 0.717) is 0 Å². The maximum Gasteiger partial charge on any atom is 0.387 e. The number of carbonyl (C=O) groups excluding carboxylic acids is 2. The van der Waals surface area contributed by atoms with E-state index in [1.54, 1.807) is 13.8 Å². The highest BCUT2D eigenvalue weighted by Gasteiger charge is 2.21. The van der Waals surface area contributed by atoms with Crippen molar-refractivity contribution in [1.29, 1.82) is 0 Å². The summed E-state index contributed by atoms with van der Waals surface area (Å²) in [4.78, 5) is 22.8. The molecule has 7 heteroatoms. The minimum absolute atomic E-state index is 0.0253. The van der Waals surface area contributed by atoms with Gasteiger partial charge in [-0.2, -0.15) is 8.78 Å². The Morgan fingerprint density at radius 1 is 1.35 bits per heavy atom. The van der Waals surface area contributed by atoms with E-state index < -0.39 is 23.2 Å². The van der Waals surface area contributed by atoms with Crippen LogP contribution in [-0.4, -0.2) is 29.8 Å². The number of hydrogen-bond donors (Lipinski definition) is 0. The summed E-state index contributed by atoms with van der Waals surface area (Å²) in [5.41, 5.74) is 0.0176. The van der Waals surface area contributed by atoms with Gasteiger partial charge in [-0.1, -0.05) is 15.9 Å². The molecule has 1 atom stereocenters. The number of halogens is 3. The van der Waals surface area contributed by atoms with Crippen LogP contribution >= 0.6 is 15.9 Å². The fourth-order valence-electron chi connectivity index (χ4n) is 1.48. The topological polar surface area (TPSA) is 52.6 Å². The fourth-order valence-corrected chi connectivity index (χ4v) is 1.72. The van der Waals surface area contributed by atoms with Crippen molar-refractivity contribution in [3.8, 4) is 5.75 Å². The van der Waals surface area contributed by atoms with Gasteiger partial charge >= 0.3 is 12.6 Å². The lowest BCUT2D eigenvalue weighted by atomic mass is 10.0. The molecule has 0 amide bonds. The van der Waals surface area contributed by atoms with Crippen molar-refractivity contribution in [1.82, 2.24) is 0 Å². The van der Waals surface area contributed by atoms with E-state index in [-0.39, 0.29) is 23.5 Å². The first-order valence-corrected chi connectivity index (χ1v) is 6.72. The number of ketones is 1. The lowest BCUT2D eigenvalue weighted by Crippen LogP contribution is -2.15. The number of hydrogen-bond acceptors (Lipinski definition) is 4. The third-order valence-electron chi connectivity index (χ3n) is 2.34. The molecule has 0 heterocycles. The summed E-state index contributed by atoms with van der Waals surface area (Å²) in [5.74, 6) is -1.43. The molecule has 1 unspecified atom stereocenters. The van der Waals surface area contributed by atoms with E-state index in [4.69, 9.17) is 4.74 Å². The van der Waals surface area contributed by atoms with E-state index in [2.05, 4.69) is 20.7 Å². The van der Waals surface area contributed by atoms with Crippen molar-refractivity contribution >= 4 is 27.7 Å². The monoisotopic (exact) mass is 350 g/mol. The molecule has 0 N–H and O–H groups in total. The Labute approximate surface area is 123 Å². The van der Waals surface area contributed by atoms with Gasteiger partial charge in [-0.05, 0) is 32.0 Å². The zero-order chi connectivity index (χ0) is 15.3. The highest BCUT2D eigenvalue weighted by atomic mass is 79.9. The predicted octanol–water partition coefficient (Wildman–Crippen LogP) is 3.43. The van der Waals surface area contributed by atoms with Gasteiger partial charge in [-0.3, -0.25) is 4.79 Å². The zero-order valence-corrected chi connectivity index (χ0v) is 12.4. The molecule has 0 aliphatic carbocycles. The zero-order valence-electron chi connectivity index (χ0n) is 10.9. The first kappa shape index (κ1) is 16.6. The van der Waals surface area contributed by atoms with Crippen LogP contribution in [0.5, 0.6) is 5.75 Å². The molecule has 110 valence electrons. The molecule has 0 spiro atoms. The second kappa shape index (κ2) is 7.33. The lowest BCUT2D eigenvalue weighted by Gasteiger charge is -2.12. The normalized spacial score (nSPS) is 12.1. The average Bonchev–Trinajstić information content (AvgIpc) is 2.37. The van der Waals surface area contributed by atoms with Crippen LogP contribution in [-0.2, 0) is 4.74 Å². The summed E-state index contributed by atoms with van der Waals surface area (Å²) in [7, 11) is 0. The third-order valence-corrected chi connectivity index (χ3v) is 2.75. The number of ether oxygens (including phenoxy) is 2. The number of Topliss-reactive ketones (excluding diaryl/α,β-unsaturated/α-hetero) is 1. The molecule has 0 fully saturated rings. The Bertz CT molecular complexity index is 503. The van der Waals surface area contributed by atoms with E-state index in [0.717, 1.165) is 6.07 Å². The maximum absolute atomic E-state index is 12.4. The molecule has 0 aliphatic rings. The highest BCUT2D eigenvalue weighted by molar-refractivity contribution is 9.10. The van der Waals surface area contributed by atoms with E-state index in [1.807, 2.05) is 0 Å². The van der Waals surface area contributed by atoms with Gasteiger partial charge in [0.05, 0.1) is 22.6 Å². The molecule has 0 radical (unpaired) electrons. The summed E-state index contributed by atoms with van der Waals surface area (Å²) < 4.78 is 33.8. The number of carbonyl (C=O) groups is 2. The second-order valence-corrected chi connectivity index (χ2v) is 5.16. The maximum atomic E-state index is 12.4. The van der Waals surface area contributed by atoms with Crippen LogP contribution in [0.3, 0.4) is 0 Å². The van der Waals surface area contributed by atoms with Crippen LogP contribution < -0.4 is 4.74 Å². The van der Waals surface area contributed by atoms with Gasteiger partial charge in [0, 0.05) is 0 Å². The van der Waals surface area contributed by atoms with Gasteiger partial charge in [0.15, 0.2) is 5.78 Å². The van der Waals surface area contributed by atoms with Gasteiger partial charge in [0.2, 0.25) is 0 Å². The van der Waals surface area contributed by atoms with Crippen LogP contribution in [0, 0.1) is 0 Å². The third kappa shape index (κ3) is 4.26. The molecule has 20 heavy (non-hydrogen) atoms. The summed E-state index contributed by atoms with van der Waals surface area (Å²) >= 11 is 3.06. The Kier molecular flexibility index (Phi) is 6.06. The smallest absolute Gasteiger partial charge is 0.387 e. The molecular weight excluding hydrogens is 338 g/mol. The van der Waals surface area contributed by atoms with Gasteiger partial charge in [-0.25, -0.2) is 4.79 Å². The number of alkyl halides is 3. The molecule has 0 aromatic heterocycles. The summed E-state index contributed by atoms with van der Waals surface area (Å²) in [5, 5.41) is 0. The molecular formula is C13H13BrF2O4. The van der Waals surface area contributed by atoms with Gasteiger partial charge < -0.3 is 9.47 Å². The van der Waals surface area contributed by atoms with E-state index in [1.165, 1.54) is 12.1 Å². The van der Waals surface area contributed by atoms with Crippen LogP contribution in [0.25, 0.3) is 0 Å². The fraction of sp³-hybridized carbons (Fsp3) is 0.385. The van der Waals surface area contributed by atoms with Crippen molar-refractivity contribution in [3.05, 3.63) is 29.3 Å². The van der Waals surface area contributed by atoms with Crippen LogP contribution in [0.4, 0.5) is 8.78 Å². The van der Waals surface area contributed by atoms with Gasteiger partial charge in [0.1, 0.15) is 5.75 Å². The van der Waals surface area contributed by atoms with Crippen LogP contribution in [0.2, 0.25) is 0 Å². The van der Waals surface area contributed by atoms with Crippen molar-refractivity contribution in [2.24, 2.45) is 0 Å². The Morgan fingerprint density at radius 3 is 2.50 bits per heavy atom. The number of benzene rings is 1. The molecule has 0 bridgehead atoms. The van der Waals surface area contributed by atoms with Crippen LogP contribution in [0.15, 0.2) is 18.2 Å². The molecule has 1 rings (SSSR count). The molecule has 0 aliphatic heterocycles. The van der Waals surface area contributed by atoms with Crippen molar-refractivity contribution in [3.63, 3.8) is 0 Å². The summed E-state index contributed by atoms with van der Waals surface area (Å²) in [6, 6.07) is 3.68. The van der Waals surface area contributed by atoms with Crippen molar-refractivity contribution < 1.29 is 27.8 Å².